The van der Waals surface area contributed by atoms with Gasteiger partial charge in [0.25, 0.3) is 5.91 Å². The van der Waals surface area contributed by atoms with Gasteiger partial charge in [-0.15, -0.1) is 0 Å². The summed E-state index contributed by atoms with van der Waals surface area (Å²) in [5.41, 5.74) is 4.29. The van der Waals surface area contributed by atoms with E-state index in [4.69, 9.17) is 5.10 Å². The van der Waals surface area contributed by atoms with E-state index >= 15 is 0 Å². The van der Waals surface area contributed by atoms with Crippen molar-refractivity contribution < 1.29 is 4.79 Å². The van der Waals surface area contributed by atoms with E-state index < -0.39 is 0 Å². The molecule has 1 saturated carbocycles. The minimum absolute atomic E-state index is 0.237. The molecule has 0 bridgehead atoms. The van der Waals surface area contributed by atoms with Crippen LogP contribution in [0, 0.1) is 20.8 Å². The van der Waals surface area contributed by atoms with Crippen molar-refractivity contribution in [3.63, 3.8) is 0 Å². The molecule has 1 saturated heterocycles. The number of anilines is 1. The molecule has 1 aliphatic carbocycles. The summed E-state index contributed by atoms with van der Waals surface area (Å²) in [6.07, 6.45) is 7.08. The Morgan fingerprint density at radius 3 is 2.66 bits per heavy atom. The van der Waals surface area contributed by atoms with Crippen molar-refractivity contribution in [2.45, 2.75) is 65.1 Å². The van der Waals surface area contributed by atoms with Crippen LogP contribution < -0.4 is 15.5 Å². The minimum atomic E-state index is -0.248. The summed E-state index contributed by atoms with van der Waals surface area (Å²) in [4.78, 5) is 23.1. The first-order chi connectivity index (χ1) is 14.0. The van der Waals surface area contributed by atoms with E-state index in [0.717, 1.165) is 48.8 Å². The van der Waals surface area contributed by atoms with E-state index in [1.165, 1.54) is 24.8 Å². The molecule has 0 radical (unpaired) electrons. The number of carbonyl (C=O) groups is 1. The smallest absolute Gasteiger partial charge is 0.288 e. The molecule has 1 amide bonds. The van der Waals surface area contributed by atoms with Gasteiger partial charge in [-0.3, -0.25) is 9.48 Å². The second-order valence-corrected chi connectivity index (χ2v) is 8.28. The second-order valence-electron chi connectivity index (χ2n) is 8.28. The van der Waals surface area contributed by atoms with Crippen LogP contribution in [0.25, 0.3) is 0 Å². The van der Waals surface area contributed by atoms with Crippen LogP contribution in [-0.2, 0) is 6.54 Å². The van der Waals surface area contributed by atoms with Gasteiger partial charge in [0.2, 0.25) is 5.82 Å². The maximum atomic E-state index is 12.0. The third-order valence-corrected chi connectivity index (χ3v) is 6.33. The molecular weight excluding hydrogens is 366 g/mol. The number of aryl methyl sites for hydroxylation is 2. The molecule has 0 unspecified atom stereocenters. The molecule has 29 heavy (non-hydrogen) atoms. The van der Waals surface area contributed by atoms with Gasteiger partial charge < -0.3 is 15.5 Å². The van der Waals surface area contributed by atoms with Gasteiger partial charge in [0, 0.05) is 55.7 Å². The molecule has 8 nitrogen and oxygen atoms in total. The minimum Gasteiger partial charge on any atom is -0.355 e. The Bertz CT molecular complexity index is 903. The number of nitrogens with zero attached hydrogens (tertiary/aromatic N) is 5. The first kappa shape index (κ1) is 19.8. The highest BCUT2D eigenvalue weighted by Crippen LogP contribution is 2.31. The molecule has 2 aromatic heterocycles. The zero-order valence-electron chi connectivity index (χ0n) is 17.8. The Balaban J connectivity index is 1.40. The number of rotatable bonds is 6. The third-order valence-electron chi connectivity index (χ3n) is 6.33. The van der Waals surface area contributed by atoms with Crippen LogP contribution in [0.4, 0.5) is 5.82 Å². The molecule has 2 aromatic rings. The Hall–Kier alpha value is -2.48. The number of hydrogen-bond acceptors (Lipinski definition) is 6. The molecule has 0 spiro atoms. The van der Waals surface area contributed by atoms with Gasteiger partial charge in [0.1, 0.15) is 5.82 Å². The Kier molecular flexibility index (Phi) is 5.54. The van der Waals surface area contributed by atoms with E-state index in [9.17, 15) is 4.79 Å². The van der Waals surface area contributed by atoms with Gasteiger partial charge in [-0.05, 0) is 46.5 Å². The zero-order chi connectivity index (χ0) is 20.5. The number of carbonyl (C=O) groups excluding carboxylic acids is 1. The Labute approximate surface area is 172 Å². The lowest BCUT2D eigenvalue weighted by Crippen LogP contribution is -2.33. The number of amides is 1. The van der Waals surface area contributed by atoms with Gasteiger partial charge in [0.15, 0.2) is 0 Å². The van der Waals surface area contributed by atoms with Crippen molar-refractivity contribution in [1.29, 1.82) is 0 Å². The van der Waals surface area contributed by atoms with Gasteiger partial charge >= 0.3 is 0 Å². The number of aromatic nitrogens is 4. The standard InChI is InChI=1S/C21H31N7O/c1-13-14(2)24-19(21(29)22-4)25-20(13)27-9-8-17(12-27)23-10-16-11-28(26-15(16)3)18-6-5-7-18/h11,17-18,23H,5-10,12H2,1-4H3,(H,22,29)/t17-/m1/s1. The third kappa shape index (κ3) is 3.99. The molecule has 4 rings (SSSR count). The summed E-state index contributed by atoms with van der Waals surface area (Å²) >= 11 is 0. The SMILES string of the molecule is CNC(=O)c1nc(C)c(C)c(N2CC[C@@H](NCc3cn(C4CCC4)nc3C)C2)n1. The lowest BCUT2D eigenvalue weighted by molar-refractivity contribution is 0.0952. The normalized spacial score (nSPS) is 19.4. The first-order valence-corrected chi connectivity index (χ1v) is 10.6. The highest BCUT2D eigenvalue weighted by Gasteiger charge is 2.27. The average molecular weight is 398 g/mol. The maximum absolute atomic E-state index is 12.0. The van der Waals surface area contributed by atoms with Crippen LogP contribution in [-0.4, -0.2) is 51.8 Å². The van der Waals surface area contributed by atoms with Crippen molar-refractivity contribution in [3.8, 4) is 0 Å². The molecule has 1 aliphatic heterocycles. The van der Waals surface area contributed by atoms with E-state index in [1.54, 1.807) is 7.05 Å². The van der Waals surface area contributed by atoms with Crippen LogP contribution in [0.2, 0.25) is 0 Å². The van der Waals surface area contributed by atoms with Crippen molar-refractivity contribution in [1.82, 2.24) is 30.4 Å². The molecule has 2 fully saturated rings. The fraction of sp³-hybridized carbons (Fsp3) is 0.619. The first-order valence-electron chi connectivity index (χ1n) is 10.6. The lowest BCUT2D eigenvalue weighted by atomic mass is 9.93. The fourth-order valence-corrected chi connectivity index (χ4v) is 4.04. The van der Waals surface area contributed by atoms with E-state index in [0.29, 0.717) is 12.1 Å². The summed E-state index contributed by atoms with van der Waals surface area (Å²) in [5, 5.41) is 11.0. The maximum Gasteiger partial charge on any atom is 0.288 e. The second kappa shape index (κ2) is 8.10. The predicted molar refractivity (Wildman–Crippen MR) is 112 cm³/mol. The van der Waals surface area contributed by atoms with Gasteiger partial charge in [0.05, 0.1) is 11.7 Å². The highest BCUT2D eigenvalue weighted by atomic mass is 16.2. The molecular formula is C21H31N7O. The van der Waals surface area contributed by atoms with Gasteiger partial charge in [-0.25, -0.2) is 9.97 Å². The molecule has 156 valence electrons. The number of hydrogen-bond donors (Lipinski definition) is 2. The summed E-state index contributed by atoms with van der Waals surface area (Å²) in [6.45, 7) is 8.68. The van der Waals surface area contributed by atoms with Crippen molar-refractivity contribution in [3.05, 3.63) is 34.5 Å². The van der Waals surface area contributed by atoms with Crippen molar-refractivity contribution in [2.24, 2.45) is 0 Å². The molecule has 2 N–H and O–H groups in total. The Morgan fingerprint density at radius 2 is 1.97 bits per heavy atom. The van der Waals surface area contributed by atoms with Crippen molar-refractivity contribution >= 4 is 11.7 Å². The highest BCUT2D eigenvalue weighted by molar-refractivity contribution is 5.90. The van der Waals surface area contributed by atoms with E-state index in [1.807, 2.05) is 13.8 Å². The van der Waals surface area contributed by atoms with Crippen molar-refractivity contribution in [2.75, 3.05) is 25.0 Å². The Morgan fingerprint density at radius 1 is 1.17 bits per heavy atom. The summed E-state index contributed by atoms with van der Waals surface area (Å²) < 4.78 is 2.16. The summed E-state index contributed by atoms with van der Waals surface area (Å²) in [5.74, 6) is 0.859. The van der Waals surface area contributed by atoms with Crippen LogP contribution in [0.15, 0.2) is 6.20 Å². The quantitative estimate of drug-likeness (QED) is 0.776. The monoisotopic (exact) mass is 397 g/mol. The van der Waals surface area contributed by atoms with E-state index in [-0.39, 0.29) is 11.7 Å². The average Bonchev–Trinajstić information content (AvgIpc) is 3.26. The summed E-state index contributed by atoms with van der Waals surface area (Å²) in [6, 6.07) is 0.988. The van der Waals surface area contributed by atoms with Crippen LogP contribution in [0.1, 0.15) is 64.9 Å². The summed E-state index contributed by atoms with van der Waals surface area (Å²) in [7, 11) is 1.60. The lowest BCUT2D eigenvalue weighted by Gasteiger charge is -2.25. The zero-order valence-corrected chi connectivity index (χ0v) is 17.8. The van der Waals surface area contributed by atoms with Crippen LogP contribution in [0.3, 0.4) is 0 Å². The largest absolute Gasteiger partial charge is 0.355 e. The fourth-order valence-electron chi connectivity index (χ4n) is 4.04. The van der Waals surface area contributed by atoms with Gasteiger partial charge in [-0.2, -0.15) is 5.10 Å². The van der Waals surface area contributed by atoms with Crippen LogP contribution >= 0.6 is 0 Å². The van der Waals surface area contributed by atoms with Crippen LogP contribution in [0.5, 0.6) is 0 Å². The molecule has 8 heteroatoms. The topological polar surface area (TPSA) is 88.0 Å². The molecule has 1 atom stereocenters. The molecule has 2 aliphatic rings. The molecule has 3 heterocycles. The predicted octanol–water partition coefficient (Wildman–Crippen LogP) is 2.05. The van der Waals surface area contributed by atoms with E-state index in [2.05, 4.69) is 43.3 Å². The molecule has 0 aromatic carbocycles. The van der Waals surface area contributed by atoms with Gasteiger partial charge in [-0.1, -0.05) is 0 Å². The number of nitrogens with one attached hydrogen (secondary N) is 2.